The Labute approximate surface area is 218 Å². The van der Waals surface area contributed by atoms with Crippen molar-refractivity contribution in [1.82, 2.24) is 5.32 Å². The molecule has 0 atom stereocenters. The Morgan fingerprint density at radius 2 is 1.58 bits per heavy atom. The van der Waals surface area contributed by atoms with Gasteiger partial charge in [0.1, 0.15) is 5.75 Å². The molecule has 188 valence electrons. The van der Waals surface area contributed by atoms with Crippen molar-refractivity contribution in [2.45, 2.75) is 39.0 Å². The van der Waals surface area contributed by atoms with Crippen LogP contribution in [-0.4, -0.2) is 30.6 Å². The summed E-state index contributed by atoms with van der Waals surface area (Å²) in [6.45, 7) is 2.87. The van der Waals surface area contributed by atoms with Crippen molar-refractivity contribution in [3.63, 3.8) is 0 Å². The molecule has 0 aliphatic carbocycles. The first-order chi connectivity index (χ1) is 17.5. The van der Waals surface area contributed by atoms with Crippen LogP contribution in [-0.2, 0) is 0 Å². The van der Waals surface area contributed by atoms with E-state index in [0.717, 1.165) is 17.9 Å². The Balaban J connectivity index is 1.50. The summed E-state index contributed by atoms with van der Waals surface area (Å²) < 4.78 is 5.76. The average molecular weight is 504 g/mol. The minimum absolute atomic E-state index is 0.147. The third-order valence-corrected chi connectivity index (χ3v) is 5.88. The predicted molar refractivity (Wildman–Crippen MR) is 150 cm³/mol. The molecule has 0 aliphatic heterocycles. The van der Waals surface area contributed by atoms with Crippen LogP contribution in [0.3, 0.4) is 0 Å². The molecule has 3 aromatic carbocycles. The highest BCUT2D eigenvalue weighted by Gasteiger charge is 2.14. The lowest BCUT2D eigenvalue weighted by molar-refractivity contribution is 0.0974. The highest BCUT2D eigenvalue weighted by Crippen LogP contribution is 2.18. The standard InChI is InChI=1S/C29H33N3O3S/c1-3-4-5-6-10-20-35-26-18-16-22(17-19-26)27(33)31-29(36)30-24-13-11-12-23(21-24)28(34)32(2)25-14-8-7-9-15-25/h7-9,11-19,21H,3-6,10,20H2,1-2H3,(H2,30,31,33,36). The van der Waals surface area contributed by atoms with E-state index in [2.05, 4.69) is 17.6 Å². The smallest absolute Gasteiger partial charge is 0.258 e. The second-order valence-corrected chi connectivity index (χ2v) is 8.88. The summed E-state index contributed by atoms with van der Waals surface area (Å²) >= 11 is 5.31. The number of amides is 2. The summed E-state index contributed by atoms with van der Waals surface area (Å²) in [7, 11) is 1.73. The van der Waals surface area contributed by atoms with Crippen LogP contribution in [0, 0.1) is 0 Å². The third-order valence-electron chi connectivity index (χ3n) is 5.68. The number of nitrogens with one attached hydrogen (secondary N) is 2. The van der Waals surface area contributed by atoms with Crippen molar-refractivity contribution in [1.29, 1.82) is 0 Å². The fourth-order valence-electron chi connectivity index (χ4n) is 3.63. The zero-order valence-corrected chi connectivity index (χ0v) is 21.6. The fourth-order valence-corrected chi connectivity index (χ4v) is 3.84. The molecule has 7 heteroatoms. The number of hydrogen-bond acceptors (Lipinski definition) is 4. The van der Waals surface area contributed by atoms with E-state index >= 15 is 0 Å². The fraction of sp³-hybridized carbons (Fsp3) is 0.276. The second kappa shape index (κ2) is 14.0. The molecule has 2 amide bonds. The van der Waals surface area contributed by atoms with E-state index in [1.54, 1.807) is 60.5 Å². The number of benzene rings is 3. The van der Waals surface area contributed by atoms with E-state index in [1.165, 1.54) is 25.7 Å². The minimum atomic E-state index is -0.324. The number of para-hydroxylation sites is 1. The molecule has 6 nitrogen and oxygen atoms in total. The molecular weight excluding hydrogens is 470 g/mol. The summed E-state index contributed by atoms with van der Waals surface area (Å²) in [4.78, 5) is 27.1. The SMILES string of the molecule is CCCCCCCOc1ccc(C(=O)NC(=S)Nc2cccc(C(=O)N(C)c3ccccc3)c2)cc1. The number of rotatable bonds is 11. The van der Waals surface area contributed by atoms with Crippen molar-refractivity contribution in [2.75, 3.05) is 23.9 Å². The molecule has 0 unspecified atom stereocenters. The van der Waals surface area contributed by atoms with Crippen LogP contribution >= 0.6 is 12.2 Å². The van der Waals surface area contributed by atoms with Gasteiger partial charge >= 0.3 is 0 Å². The number of anilines is 2. The molecule has 36 heavy (non-hydrogen) atoms. The van der Waals surface area contributed by atoms with E-state index in [4.69, 9.17) is 17.0 Å². The summed E-state index contributed by atoms with van der Waals surface area (Å²) in [6.07, 6.45) is 5.91. The lowest BCUT2D eigenvalue weighted by Crippen LogP contribution is -2.34. The first-order valence-electron chi connectivity index (χ1n) is 12.3. The summed E-state index contributed by atoms with van der Waals surface area (Å²) in [5.41, 5.74) is 2.38. The van der Waals surface area contributed by atoms with Crippen LogP contribution < -0.4 is 20.3 Å². The van der Waals surface area contributed by atoms with Crippen LogP contribution in [0.4, 0.5) is 11.4 Å². The van der Waals surface area contributed by atoms with Crippen LogP contribution in [0.5, 0.6) is 5.75 Å². The summed E-state index contributed by atoms with van der Waals surface area (Å²) in [5.74, 6) is 0.266. The number of hydrogen-bond donors (Lipinski definition) is 2. The highest BCUT2D eigenvalue weighted by atomic mass is 32.1. The van der Waals surface area contributed by atoms with Crippen molar-refractivity contribution in [2.24, 2.45) is 0 Å². The number of nitrogens with zero attached hydrogens (tertiary/aromatic N) is 1. The molecular formula is C29H33N3O3S. The van der Waals surface area contributed by atoms with Crippen molar-refractivity contribution in [3.8, 4) is 5.75 Å². The van der Waals surface area contributed by atoms with E-state index in [0.29, 0.717) is 23.4 Å². The largest absolute Gasteiger partial charge is 0.494 e. The van der Waals surface area contributed by atoms with Crippen LogP contribution in [0.15, 0.2) is 78.9 Å². The van der Waals surface area contributed by atoms with Crippen molar-refractivity contribution in [3.05, 3.63) is 90.0 Å². The predicted octanol–water partition coefficient (Wildman–Crippen LogP) is 6.44. The number of unbranched alkanes of at least 4 members (excludes halogenated alkanes) is 4. The van der Waals surface area contributed by atoms with Crippen molar-refractivity contribution >= 4 is 40.5 Å². The van der Waals surface area contributed by atoms with Gasteiger partial charge in [0.25, 0.3) is 11.8 Å². The average Bonchev–Trinajstić information content (AvgIpc) is 2.90. The quantitative estimate of drug-likeness (QED) is 0.233. The maximum Gasteiger partial charge on any atom is 0.258 e. The molecule has 0 saturated carbocycles. The zero-order valence-electron chi connectivity index (χ0n) is 20.8. The monoisotopic (exact) mass is 503 g/mol. The van der Waals surface area contributed by atoms with Gasteiger partial charge in [0, 0.05) is 29.5 Å². The van der Waals surface area contributed by atoms with Crippen LogP contribution in [0.2, 0.25) is 0 Å². The van der Waals surface area contributed by atoms with Gasteiger partial charge in [-0.3, -0.25) is 14.9 Å². The minimum Gasteiger partial charge on any atom is -0.494 e. The van der Waals surface area contributed by atoms with E-state index in [9.17, 15) is 9.59 Å². The van der Waals surface area contributed by atoms with Gasteiger partial charge in [0.05, 0.1) is 6.61 Å². The molecule has 0 saturated heterocycles. The van der Waals surface area contributed by atoms with Crippen LogP contribution in [0.25, 0.3) is 0 Å². The molecule has 0 bridgehead atoms. The molecule has 0 radical (unpaired) electrons. The molecule has 0 spiro atoms. The lowest BCUT2D eigenvalue weighted by Gasteiger charge is -2.18. The van der Waals surface area contributed by atoms with Gasteiger partial charge in [-0.05, 0) is 73.2 Å². The number of thiocarbonyl (C=S) groups is 1. The Kier molecular flexibility index (Phi) is 10.5. The number of carbonyl (C=O) groups excluding carboxylic acids is 2. The first-order valence-corrected chi connectivity index (χ1v) is 12.7. The van der Waals surface area contributed by atoms with Gasteiger partial charge < -0.3 is 15.0 Å². The maximum absolute atomic E-state index is 12.9. The lowest BCUT2D eigenvalue weighted by atomic mass is 10.1. The second-order valence-electron chi connectivity index (χ2n) is 8.48. The third kappa shape index (κ3) is 8.20. The normalized spacial score (nSPS) is 10.4. The molecule has 0 aromatic heterocycles. The van der Waals surface area contributed by atoms with Gasteiger partial charge in [-0.1, -0.05) is 56.9 Å². The molecule has 0 heterocycles. The van der Waals surface area contributed by atoms with Gasteiger partial charge in [0.15, 0.2) is 5.11 Å². The molecule has 3 rings (SSSR count). The van der Waals surface area contributed by atoms with E-state index < -0.39 is 0 Å². The first kappa shape index (κ1) is 26.9. The molecule has 3 aromatic rings. The van der Waals surface area contributed by atoms with Crippen LogP contribution in [0.1, 0.15) is 59.7 Å². The van der Waals surface area contributed by atoms with E-state index in [1.807, 2.05) is 30.3 Å². The van der Waals surface area contributed by atoms with Gasteiger partial charge in [-0.2, -0.15) is 0 Å². The Bertz CT molecular complexity index is 1150. The maximum atomic E-state index is 12.9. The Hall–Kier alpha value is -3.71. The van der Waals surface area contributed by atoms with Gasteiger partial charge in [0.2, 0.25) is 0 Å². The zero-order chi connectivity index (χ0) is 25.8. The number of carbonyl (C=O) groups is 2. The summed E-state index contributed by atoms with van der Waals surface area (Å²) in [5, 5.41) is 5.81. The Morgan fingerprint density at radius 3 is 2.31 bits per heavy atom. The van der Waals surface area contributed by atoms with Gasteiger partial charge in [-0.25, -0.2) is 0 Å². The molecule has 0 aliphatic rings. The Morgan fingerprint density at radius 1 is 0.861 bits per heavy atom. The highest BCUT2D eigenvalue weighted by molar-refractivity contribution is 7.80. The topological polar surface area (TPSA) is 70.7 Å². The van der Waals surface area contributed by atoms with E-state index in [-0.39, 0.29) is 16.9 Å². The number of ether oxygens (including phenoxy) is 1. The molecule has 2 N–H and O–H groups in total. The van der Waals surface area contributed by atoms with Crippen molar-refractivity contribution < 1.29 is 14.3 Å². The van der Waals surface area contributed by atoms with Gasteiger partial charge in [-0.15, -0.1) is 0 Å². The summed E-state index contributed by atoms with van der Waals surface area (Å²) in [6, 6.07) is 23.4. The molecule has 0 fully saturated rings.